The third kappa shape index (κ3) is 3.99. The van der Waals surface area contributed by atoms with Gasteiger partial charge >= 0.3 is 12.0 Å². The Balaban J connectivity index is 2.63. The SMILES string of the molecule is C#CCN(CC(=O)O)C(=O)N1CCCC(C)C1. The summed E-state index contributed by atoms with van der Waals surface area (Å²) in [5.74, 6) is 1.74. The molecule has 0 aromatic rings. The van der Waals surface area contributed by atoms with Crippen LogP contribution in [0.4, 0.5) is 4.79 Å². The maximum atomic E-state index is 12.1. The molecule has 94 valence electrons. The van der Waals surface area contributed by atoms with E-state index < -0.39 is 5.97 Å². The van der Waals surface area contributed by atoms with Crippen molar-refractivity contribution in [1.29, 1.82) is 0 Å². The number of aliphatic carboxylic acids is 1. The minimum atomic E-state index is -1.04. The molecule has 2 amide bonds. The summed E-state index contributed by atoms with van der Waals surface area (Å²) in [4.78, 5) is 25.6. The van der Waals surface area contributed by atoms with Gasteiger partial charge in [0.1, 0.15) is 6.54 Å². The molecule has 1 saturated heterocycles. The Bertz CT molecular complexity index is 335. The summed E-state index contributed by atoms with van der Waals surface area (Å²) in [5, 5.41) is 8.73. The van der Waals surface area contributed by atoms with Crippen LogP contribution in [0.1, 0.15) is 19.8 Å². The van der Waals surface area contributed by atoms with E-state index in [4.69, 9.17) is 11.5 Å². The Labute approximate surface area is 101 Å². The molecule has 5 heteroatoms. The fourth-order valence-electron chi connectivity index (χ4n) is 2.03. The van der Waals surface area contributed by atoms with Crippen LogP contribution in [0, 0.1) is 18.3 Å². The molecule has 0 aromatic carbocycles. The number of piperidine rings is 1. The summed E-state index contributed by atoms with van der Waals surface area (Å²) in [7, 11) is 0. The van der Waals surface area contributed by atoms with E-state index in [9.17, 15) is 9.59 Å². The number of hydrogen-bond donors (Lipinski definition) is 1. The van der Waals surface area contributed by atoms with E-state index >= 15 is 0 Å². The van der Waals surface area contributed by atoms with Crippen LogP contribution in [0.5, 0.6) is 0 Å². The number of nitrogens with zero attached hydrogens (tertiary/aromatic N) is 2. The smallest absolute Gasteiger partial charge is 0.323 e. The lowest BCUT2D eigenvalue weighted by atomic mass is 10.0. The Morgan fingerprint density at radius 2 is 2.29 bits per heavy atom. The number of amides is 2. The quantitative estimate of drug-likeness (QED) is 0.742. The molecule has 0 radical (unpaired) electrons. The van der Waals surface area contributed by atoms with E-state index in [0.717, 1.165) is 12.8 Å². The number of urea groups is 1. The molecule has 1 heterocycles. The van der Waals surface area contributed by atoms with Crippen LogP contribution in [0.3, 0.4) is 0 Å². The van der Waals surface area contributed by atoms with Gasteiger partial charge in [0.25, 0.3) is 0 Å². The van der Waals surface area contributed by atoms with Crippen molar-refractivity contribution in [1.82, 2.24) is 9.80 Å². The predicted molar refractivity (Wildman–Crippen MR) is 63.4 cm³/mol. The average molecular weight is 238 g/mol. The number of rotatable bonds is 3. The molecule has 0 spiro atoms. The fraction of sp³-hybridized carbons (Fsp3) is 0.667. The number of likely N-dealkylation sites (tertiary alicyclic amines) is 1. The number of terminal acetylenes is 1. The van der Waals surface area contributed by atoms with Crippen molar-refractivity contribution in [2.45, 2.75) is 19.8 Å². The second kappa shape index (κ2) is 6.14. The Morgan fingerprint density at radius 1 is 1.59 bits per heavy atom. The van der Waals surface area contributed by atoms with Gasteiger partial charge in [0.05, 0.1) is 6.54 Å². The molecular formula is C12H18N2O3. The molecule has 1 aliphatic heterocycles. The number of carbonyl (C=O) groups is 2. The number of carbonyl (C=O) groups excluding carboxylic acids is 1. The molecular weight excluding hydrogens is 220 g/mol. The van der Waals surface area contributed by atoms with Crippen LogP contribution in [0.25, 0.3) is 0 Å². The molecule has 1 atom stereocenters. The van der Waals surface area contributed by atoms with Crippen LogP contribution >= 0.6 is 0 Å². The van der Waals surface area contributed by atoms with Gasteiger partial charge in [-0.3, -0.25) is 4.79 Å². The Kier molecular flexibility index (Phi) is 4.83. The van der Waals surface area contributed by atoms with Gasteiger partial charge in [0, 0.05) is 13.1 Å². The highest BCUT2D eigenvalue weighted by molar-refractivity contribution is 5.80. The van der Waals surface area contributed by atoms with E-state index in [0.29, 0.717) is 19.0 Å². The Hall–Kier alpha value is -1.70. The van der Waals surface area contributed by atoms with E-state index in [1.165, 1.54) is 4.90 Å². The van der Waals surface area contributed by atoms with E-state index in [1.54, 1.807) is 4.90 Å². The topological polar surface area (TPSA) is 60.9 Å². The maximum Gasteiger partial charge on any atom is 0.323 e. The molecule has 0 bridgehead atoms. The normalized spacial score (nSPS) is 19.5. The van der Waals surface area contributed by atoms with Crippen molar-refractivity contribution >= 4 is 12.0 Å². The van der Waals surface area contributed by atoms with Crippen LogP contribution in [0.2, 0.25) is 0 Å². The van der Waals surface area contributed by atoms with Gasteiger partial charge < -0.3 is 14.9 Å². The predicted octanol–water partition coefficient (Wildman–Crippen LogP) is 0.858. The van der Waals surface area contributed by atoms with Gasteiger partial charge in [-0.1, -0.05) is 12.8 Å². The van der Waals surface area contributed by atoms with Crippen LogP contribution in [-0.4, -0.2) is 53.1 Å². The zero-order chi connectivity index (χ0) is 12.8. The second-order valence-electron chi connectivity index (χ2n) is 4.43. The standard InChI is InChI=1S/C12H18N2O3/c1-3-6-13(9-11(15)16)12(17)14-7-4-5-10(2)8-14/h1,10H,4-9H2,2H3,(H,15,16). The summed E-state index contributed by atoms with van der Waals surface area (Å²) in [6, 6.07) is -0.267. The lowest BCUT2D eigenvalue weighted by Gasteiger charge is -2.34. The highest BCUT2D eigenvalue weighted by Gasteiger charge is 2.25. The van der Waals surface area contributed by atoms with Crippen molar-refractivity contribution in [3.63, 3.8) is 0 Å². The van der Waals surface area contributed by atoms with Crippen molar-refractivity contribution in [2.24, 2.45) is 5.92 Å². The largest absolute Gasteiger partial charge is 0.480 e. The van der Waals surface area contributed by atoms with Crippen molar-refractivity contribution < 1.29 is 14.7 Å². The van der Waals surface area contributed by atoms with Gasteiger partial charge in [-0.2, -0.15) is 0 Å². The van der Waals surface area contributed by atoms with Gasteiger partial charge in [0.15, 0.2) is 0 Å². The van der Waals surface area contributed by atoms with Crippen LogP contribution in [-0.2, 0) is 4.79 Å². The van der Waals surface area contributed by atoms with Gasteiger partial charge in [-0.15, -0.1) is 6.42 Å². The van der Waals surface area contributed by atoms with Crippen LogP contribution < -0.4 is 0 Å². The van der Waals surface area contributed by atoms with E-state index in [2.05, 4.69) is 12.8 Å². The average Bonchev–Trinajstić information content (AvgIpc) is 2.27. The maximum absolute atomic E-state index is 12.1. The van der Waals surface area contributed by atoms with Gasteiger partial charge in [-0.25, -0.2) is 4.79 Å². The van der Waals surface area contributed by atoms with E-state index in [1.807, 2.05) is 0 Å². The first-order valence-corrected chi connectivity index (χ1v) is 5.73. The molecule has 1 unspecified atom stereocenters. The van der Waals surface area contributed by atoms with Crippen molar-refractivity contribution in [3.8, 4) is 12.3 Å². The zero-order valence-electron chi connectivity index (χ0n) is 10.1. The number of carboxylic acid groups (broad SMARTS) is 1. The molecule has 0 aromatic heterocycles. The monoisotopic (exact) mass is 238 g/mol. The van der Waals surface area contributed by atoms with E-state index in [-0.39, 0.29) is 19.1 Å². The molecule has 0 aliphatic carbocycles. The van der Waals surface area contributed by atoms with Crippen molar-refractivity contribution in [2.75, 3.05) is 26.2 Å². The van der Waals surface area contributed by atoms with Crippen LogP contribution in [0.15, 0.2) is 0 Å². The highest BCUT2D eigenvalue weighted by atomic mass is 16.4. The molecule has 1 aliphatic rings. The summed E-state index contributed by atoms with van der Waals surface area (Å²) < 4.78 is 0. The highest BCUT2D eigenvalue weighted by Crippen LogP contribution is 2.16. The summed E-state index contributed by atoms with van der Waals surface area (Å²) in [6.45, 7) is 3.15. The third-order valence-electron chi connectivity index (χ3n) is 2.81. The third-order valence-corrected chi connectivity index (χ3v) is 2.81. The lowest BCUT2D eigenvalue weighted by Crippen LogP contribution is -2.48. The summed E-state index contributed by atoms with van der Waals surface area (Å²) in [5.41, 5.74) is 0. The molecule has 1 fully saturated rings. The van der Waals surface area contributed by atoms with Gasteiger partial charge in [-0.05, 0) is 18.8 Å². The first-order chi connectivity index (χ1) is 8.04. The Morgan fingerprint density at radius 3 is 2.82 bits per heavy atom. The first kappa shape index (κ1) is 13.4. The minimum Gasteiger partial charge on any atom is -0.480 e. The fourth-order valence-corrected chi connectivity index (χ4v) is 2.03. The molecule has 1 N–H and O–H groups in total. The number of hydrogen-bond acceptors (Lipinski definition) is 2. The minimum absolute atomic E-state index is 0.0377. The molecule has 17 heavy (non-hydrogen) atoms. The zero-order valence-corrected chi connectivity index (χ0v) is 10.1. The summed E-state index contributed by atoms with van der Waals surface area (Å²) in [6.07, 6.45) is 7.22. The molecule has 0 saturated carbocycles. The lowest BCUT2D eigenvalue weighted by molar-refractivity contribution is -0.137. The second-order valence-corrected chi connectivity index (χ2v) is 4.43. The summed E-state index contributed by atoms with van der Waals surface area (Å²) >= 11 is 0. The van der Waals surface area contributed by atoms with Gasteiger partial charge in [0.2, 0.25) is 0 Å². The molecule has 1 rings (SSSR count). The van der Waals surface area contributed by atoms with Crippen molar-refractivity contribution in [3.05, 3.63) is 0 Å². The first-order valence-electron chi connectivity index (χ1n) is 5.73. The molecule has 5 nitrogen and oxygen atoms in total. The number of carboxylic acids is 1.